The molecule has 9 rings (SSSR count). The van der Waals surface area contributed by atoms with Crippen LogP contribution in [0.1, 0.15) is 0 Å². The highest BCUT2D eigenvalue weighted by atomic mass is 32.1. The van der Waals surface area contributed by atoms with E-state index in [9.17, 15) is 35.1 Å². The van der Waals surface area contributed by atoms with Crippen LogP contribution in [0.25, 0.3) is 83.5 Å². The van der Waals surface area contributed by atoms with Crippen molar-refractivity contribution in [3.63, 3.8) is 0 Å². The van der Waals surface area contributed by atoms with E-state index in [2.05, 4.69) is 24.3 Å². The monoisotopic (exact) mass is 744 g/mol. The molecular weight excluding hydrogens is 729 g/mol. The second kappa shape index (κ2) is 11.7. The van der Waals surface area contributed by atoms with Crippen LogP contribution < -0.4 is 0 Å². The summed E-state index contributed by atoms with van der Waals surface area (Å²) in [7, 11) is 0. The molecule has 3 aromatic heterocycles. The molecule has 0 aliphatic heterocycles. The predicted molar refractivity (Wildman–Crippen MR) is 192 cm³/mol. The van der Waals surface area contributed by atoms with Crippen molar-refractivity contribution in [3.8, 4) is 41.8 Å². The van der Waals surface area contributed by atoms with Gasteiger partial charge in [0.15, 0.2) is 46.5 Å². The lowest BCUT2D eigenvalue weighted by Gasteiger charge is -2.05. The highest BCUT2D eigenvalue weighted by Crippen LogP contribution is 2.43. The van der Waals surface area contributed by atoms with E-state index < -0.39 is 46.5 Å². The van der Waals surface area contributed by atoms with E-state index in [0.29, 0.717) is 12.1 Å². The van der Waals surface area contributed by atoms with E-state index >= 15 is 0 Å². The van der Waals surface area contributed by atoms with Crippen molar-refractivity contribution < 1.29 is 35.1 Å². The first kappa shape index (κ1) is 31.9. The fraction of sp³-hybridized carbons (Fsp3) is 0. The molecule has 9 aromatic rings. The first-order chi connectivity index (χ1) is 24.5. The molecule has 0 saturated heterocycles. The summed E-state index contributed by atoms with van der Waals surface area (Å²) in [5.74, 6) is -13.2. The number of hydrogen-bond acceptors (Lipinski definition) is 3. The average Bonchev–Trinajstić information content (AvgIpc) is 3.90. The summed E-state index contributed by atoms with van der Waals surface area (Å²) in [5, 5.41) is 6.09. The van der Waals surface area contributed by atoms with Crippen molar-refractivity contribution in [2.45, 2.75) is 0 Å². The quantitative estimate of drug-likeness (QED) is 0.0956. The van der Waals surface area contributed by atoms with E-state index in [1.54, 1.807) is 35.6 Å². The summed E-state index contributed by atoms with van der Waals surface area (Å²) in [6.45, 7) is 0. The van der Waals surface area contributed by atoms with E-state index in [1.165, 1.54) is 0 Å². The summed E-state index contributed by atoms with van der Waals surface area (Å²) in [5.41, 5.74) is 0.970. The molecule has 0 atom stereocenters. The topological polar surface area (TPSA) is 0 Å². The molecule has 11 heteroatoms. The van der Waals surface area contributed by atoms with Gasteiger partial charge in [-0.1, -0.05) is 24.3 Å². The lowest BCUT2D eigenvalue weighted by Crippen LogP contribution is -1.97. The Morgan fingerprint density at radius 3 is 1.16 bits per heavy atom. The first-order valence-electron chi connectivity index (χ1n) is 15.2. The highest BCUT2D eigenvalue weighted by molar-refractivity contribution is 7.26. The second-order valence-corrected chi connectivity index (χ2v) is 15.2. The average molecular weight is 745 g/mol. The third-order valence-electron chi connectivity index (χ3n) is 8.90. The van der Waals surface area contributed by atoms with Crippen LogP contribution in [0, 0.1) is 46.5 Å². The predicted octanol–water partition coefficient (Wildman–Crippen LogP) is 14.3. The molecular formula is C40H16F8S3. The molecule has 0 nitrogen and oxygen atoms in total. The number of hydrogen-bond donors (Lipinski definition) is 0. The van der Waals surface area contributed by atoms with Gasteiger partial charge < -0.3 is 0 Å². The molecule has 0 N–H and O–H groups in total. The maximum Gasteiger partial charge on any atom is 0.198 e. The van der Waals surface area contributed by atoms with Gasteiger partial charge in [-0.25, -0.2) is 35.1 Å². The van der Waals surface area contributed by atoms with Crippen LogP contribution in [0.3, 0.4) is 0 Å². The minimum Gasteiger partial charge on any atom is -0.204 e. The van der Waals surface area contributed by atoms with Gasteiger partial charge in [0.25, 0.3) is 0 Å². The van der Waals surface area contributed by atoms with E-state index in [1.807, 2.05) is 36.4 Å². The zero-order valence-corrected chi connectivity index (χ0v) is 27.9. The summed E-state index contributed by atoms with van der Waals surface area (Å²) < 4.78 is 114. The van der Waals surface area contributed by atoms with Gasteiger partial charge in [-0.3, -0.25) is 0 Å². The smallest absolute Gasteiger partial charge is 0.198 e. The van der Waals surface area contributed by atoms with Crippen molar-refractivity contribution in [3.05, 3.63) is 144 Å². The Bertz CT molecular complexity index is 2720. The highest BCUT2D eigenvalue weighted by Gasteiger charge is 2.22. The molecule has 0 amide bonds. The SMILES string of the molecule is Fc1cc(-c2ccc(-c3ccc4cc5c(cc4c3)sc3cc4cc(-c6ccc(-c7cc(F)c(F)c(F)c7F)s6)ccc4cc35)s2)c(F)c(F)c1F. The van der Waals surface area contributed by atoms with Crippen molar-refractivity contribution in [2.24, 2.45) is 0 Å². The molecule has 0 aliphatic carbocycles. The van der Waals surface area contributed by atoms with Gasteiger partial charge in [-0.15, -0.1) is 34.0 Å². The molecule has 6 aromatic carbocycles. The molecule has 3 heterocycles. The van der Waals surface area contributed by atoms with Crippen LogP contribution in [0.5, 0.6) is 0 Å². The summed E-state index contributed by atoms with van der Waals surface area (Å²) in [4.78, 5) is 2.02. The van der Waals surface area contributed by atoms with Gasteiger partial charge in [-0.05, 0) is 105 Å². The Kier molecular flexibility index (Phi) is 7.32. The first-order valence-corrected chi connectivity index (χ1v) is 17.7. The van der Waals surface area contributed by atoms with Crippen LogP contribution in [0.2, 0.25) is 0 Å². The normalized spacial score (nSPS) is 11.9. The molecule has 51 heavy (non-hydrogen) atoms. The van der Waals surface area contributed by atoms with E-state index in [-0.39, 0.29) is 20.9 Å². The second-order valence-electron chi connectivity index (χ2n) is 11.9. The van der Waals surface area contributed by atoms with Crippen LogP contribution in [-0.2, 0) is 0 Å². The lowest BCUT2D eigenvalue weighted by molar-refractivity contribution is 0.411. The standard InChI is InChI=1S/C40H16F8S3/c41-27-15-25(35(43)39(47)37(27)45)31-7-5-29(49-31)19-3-1-17-11-23-24-12-18-2-4-20(10-22(18)14-34(24)51-33(23)13-21(17)9-19)30-6-8-32(50-30)26-16-28(42)38(46)40(48)36(26)44/h1-16H. The largest absolute Gasteiger partial charge is 0.204 e. The number of thiophene rings is 3. The fourth-order valence-electron chi connectivity index (χ4n) is 6.35. The fourth-order valence-corrected chi connectivity index (χ4v) is 9.54. The van der Waals surface area contributed by atoms with Crippen LogP contribution in [0.4, 0.5) is 35.1 Å². The van der Waals surface area contributed by atoms with Crippen molar-refractivity contribution in [2.75, 3.05) is 0 Å². The van der Waals surface area contributed by atoms with Gasteiger partial charge in [0.2, 0.25) is 0 Å². The van der Waals surface area contributed by atoms with Crippen molar-refractivity contribution in [1.82, 2.24) is 0 Å². The Hall–Kier alpha value is -5.10. The third kappa shape index (κ3) is 5.13. The summed E-state index contributed by atoms with van der Waals surface area (Å²) >= 11 is 3.91. The Morgan fingerprint density at radius 2 is 0.725 bits per heavy atom. The van der Waals surface area contributed by atoms with Gasteiger partial charge in [0.05, 0.1) is 0 Å². The maximum atomic E-state index is 14.5. The molecule has 0 bridgehead atoms. The zero-order valence-electron chi connectivity index (χ0n) is 25.5. The van der Waals surface area contributed by atoms with Gasteiger partial charge >= 0.3 is 0 Å². The maximum absolute atomic E-state index is 14.5. The molecule has 0 aliphatic rings. The van der Waals surface area contributed by atoms with Crippen molar-refractivity contribution >= 4 is 75.7 Å². The van der Waals surface area contributed by atoms with E-state index in [4.69, 9.17) is 0 Å². The molecule has 250 valence electrons. The Labute approximate surface area is 295 Å². The molecule has 0 fully saturated rings. The summed E-state index contributed by atoms with van der Waals surface area (Å²) in [6, 6.07) is 28.1. The minimum absolute atomic E-state index is 0.266. The van der Waals surface area contributed by atoms with Gasteiger partial charge in [0.1, 0.15) is 0 Å². The Balaban J connectivity index is 1.07. The van der Waals surface area contributed by atoms with E-state index in [0.717, 1.165) is 85.3 Å². The van der Waals surface area contributed by atoms with Gasteiger partial charge in [-0.2, -0.15) is 0 Å². The van der Waals surface area contributed by atoms with Crippen molar-refractivity contribution in [1.29, 1.82) is 0 Å². The Morgan fingerprint density at radius 1 is 0.314 bits per heavy atom. The minimum atomic E-state index is -1.85. The molecule has 0 spiro atoms. The number of fused-ring (bicyclic) bond motifs is 5. The summed E-state index contributed by atoms with van der Waals surface area (Å²) in [6.07, 6.45) is 0. The lowest BCUT2D eigenvalue weighted by atomic mass is 10.0. The molecule has 0 unspecified atom stereocenters. The molecule has 0 radical (unpaired) electrons. The van der Waals surface area contributed by atoms with Crippen LogP contribution in [-0.4, -0.2) is 0 Å². The number of halogens is 8. The van der Waals surface area contributed by atoms with Crippen LogP contribution in [0.15, 0.2) is 97.1 Å². The zero-order chi connectivity index (χ0) is 35.3. The third-order valence-corrected chi connectivity index (χ3v) is 12.4. The van der Waals surface area contributed by atoms with Gasteiger partial charge in [0, 0.05) is 50.8 Å². The van der Waals surface area contributed by atoms with Crippen LogP contribution >= 0.6 is 34.0 Å². The number of rotatable bonds is 4. The number of benzene rings is 6. The molecule has 0 saturated carbocycles.